The van der Waals surface area contributed by atoms with Gasteiger partial charge in [-0.2, -0.15) is 11.8 Å². The summed E-state index contributed by atoms with van der Waals surface area (Å²) < 4.78 is 25.8. The van der Waals surface area contributed by atoms with Crippen molar-refractivity contribution in [2.45, 2.75) is 17.7 Å². The smallest absolute Gasteiger partial charge is 0.244 e. The molecule has 0 aliphatic carbocycles. The van der Waals surface area contributed by atoms with Gasteiger partial charge in [0.25, 0.3) is 0 Å². The lowest BCUT2D eigenvalue weighted by molar-refractivity contribution is 0.513. The number of hydrogen-bond acceptors (Lipinski definition) is 4. The van der Waals surface area contributed by atoms with E-state index in [9.17, 15) is 8.42 Å². The Hall–Kier alpha value is -0.720. The predicted octanol–water partition coefficient (Wildman–Crippen LogP) is 2.49. The highest BCUT2D eigenvalue weighted by atomic mass is 32.2. The molecule has 1 aromatic rings. The van der Waals surface area contributed by atoms with E-state index in [4.69, 9.17) is 0 Å². The zero-order valence-corrected chi connectivity index (χ0v) is 13.6. The molecule has 1 saturated heterocycles. The van der Waals surface area contributed by atoms with E-state index in [2.05, 4.69) is 5.32 Å². The number of benzene rings is 1. The van der Waals surface area contributed by atoms with Crippen LogP contribution in [0.4, 0.5) is 5.69 Å². The van der Waals surface area contributed by atoms with E-state index in [1.807, 2.05) is 23.9 Å². The largest absolute Gasteiger partial charge is 0.384 e. The predicted molar refractivity (Wildman–Crippen MR) is 85.9 cm³/mol. The lowest BCUT2D eigenvalue weighted by Crippen LogP contribution is -2.24. The molecule has 20 heavy (non-hydrogen) atoms. The van der Waals surface area contributed by atoms with Crippen molar-refractivity contribution in [2.24, 2.45) is 5.92 Å². The summed E-state index contributed by atoms with van der Waals surface area (Å²) in [4.78, 5) is 0.357. The average molecular weight is 314 g/mol. The Kier molecular flexibility index (Phi) is 5.35. The quantitative estimate of drug-likeness (QED) is 0.907. The standard InChI is InChI=1S/C14H22N2O2S2/c1-16(2)20(17,18)14-6-4-3-5-13(14)15-11-12-7-9-19-10-8-12/h3-6,12,15H,7-11H2,1-2H3. The van der Waals surface area contributed by atoms with E-state index < -0.39 is 10.0 Å². The number of anilines is 1. The Morgan fingerprint density at radius 1 is 1.25 bits per heavy atom. The summed E-state index contributed by atoms with van der Waals surface area (Å²) in [5.41, 5.74) is 0.708. The SMILES string of the molecule is CN(C)S(=O)(=O)c1ccccc1NCC1CCSCC1. The van der Waals surface area contributed by atoms with Crippen LogP contribution in [0.2, 0.25) is 0 Å². The first-order valence-corrected chi connectivity index (χ1v) is 9.44. The second-order valence-corrected chi connectivity index (χ2v) is 8.57. The first-order chi connectivity index (χ1) is 9.51. The molecule has 1 aromatic carbocycles. The van der Waals surface area contributed by atoms with Crippen LogP contribution >= 0.6 is 11.8 Å². The van der Waals surface area contributed by atoms with E-state index >= 15 is 0 Å². The molecule has 6 heteroatoms. The van der Waals surface area contributed by atoms with E-state index in [-0.39, 0.29) is 0 Å². The van der Waals surface area contributed by atoms with Crippen LogP contribution in [-0.4, -0.2) is 44.9 Å². The molecule has 1 N–H and O–H groups in total. The van der Waals surface area contributed by atoms with Gasteiger partial charge < -0.3 is 5.32 Å². The number of thioether (sulfide) groups is 1. The highest BCUT2D eigenvalue weighted by Crippen LogP contribution is 2.26. The molecule has 0 unspecified atom stereocenters. The van der Waals surface area contributed by atoms with Gasteiger partial charge in [0.1, 0.15) is 4.90 Å². The maximum Gasteiger partial charge on any atom is 0.244 e. The fraction of sp³-hybridized carbons (Fsp3) is 0.571. The Labute approximate surface area is 126 Å². The molecule has 1 aliphatic heterocycles. The first kappa shape index (κ1) is 15.7. The lowest BCUT2D eigenvalue weighted by atomic mass is 10.0. The molecule has 0 amide bonds. The minimum absolute atomic E-state index is 0.357. The second-order valence-electron chi connectivity index (χ2n) is 5.22. The number of nitrogens with zero attached hydrogens (tertiary/aromatic N) is 1. The molecule has 2 rings (SSSR count). The summed E-state index contributed by atoms with van der Waals surface area (Å²) >= 11 is 2.00. The molecule has 0 bridgehead atoms. The van der Waals surface area contributed by atoms with Gasteiger partial charge in [-0.15, -0.1) is 0 Å². The van der Waals surface area contributed by atoms with E-state index in [0.29, 0.717) is 16.5 Å². The van der Waals surface area contributed by atoms with Gasteiger partial charge in [0.05, 0.1) is 5.69 Å². The van der Waals surface area contributed by atoms with Crippen LogP contribution in [-0.2, 0) is 10.0 Å². The summed E-state index contributed by atoms with van der Waals surface area (Å²) in [5.74, 6) is 3.07. The fourth-order valence-electron chi connectivity index (χ4n) is 2.24. The maximum atomic E-state index is 12.3. The Morgan fingerprint density at radius 2 is 1.90 bits per heavy atom. The highest BCUT2D eigenvalue weighted by Gasteiger charge is 2.21. The number of sulfonamides is 1. The monoisotopic (exact) mass is 314 g/mol. The first-order valence-electron chi connectivity index (χ1n) is 6.85. The molecule has 4 nitrogen and oxygen atoms in total. The van der Waals surface area contributed by atoms with Crippen LogP contribution < -0.4 is 5.32 Å². The molecule has 112 valence electrons. The Morgan fingerprint density at radius 3 is 2.55 bits per heavy atom. The van der Waals surface area contributed by atoms with E-state index in [0.717, 1.165) is 6.54 Å². The van der Waals surface area contributed by atoms with E-state index in [1.54, 1.807) is 26.2 Å². The van der Waals surface area contributed by atoms with Crippen LogP contribution in [0.25, 0.3) is 0 Å². The molecule has 0 spiro atoms. The fourth-order valence-corrected chi connectivity index (χ4v) is 4.51. The lowest BCUT2D eigenvalue weighted by Gasteiger charge is -2.23. The van der Waals surface area contributed by atoms with Gasteiger partial charge in [0, 0.05) is 20.6 Å². The Bertz CT molecular complexity index is 538. The summed E-state index contributed by atoms with van der Waals surface area (Å²) in [6.07, 6.45) is 2.42. The molecule has 1 fully saturated rings. The summed E-state index contributed by atoms with van der Waals surface area (Å²) in [6, 6.07) is 7.13. The number of hydrogen-bond donors (Lipinski definition) is 1. The summed E-state index contributed by atoms with van der Waals surface area (Å²) in [7, 11) is -0.274. The van der Waals surface area contributed by atoms with Gasteiger partial charge in [-0.1, -0.05) is 12.1 Å². The molecule has 0 aromatic heterocycles. The van der Waals surface area contributed by atoms with Gasteiger partial charge in [-0.3, -0.25) is 0 Å². The van der Waals surface area contributed by atoms with Crippen molar-refractivity contribution in [3.63, 3.8) is 0 Å². The average Bonchev–Trinajstić information content (AvgIpc) is 2.46. The summed E-state index contributed by atoms with van der Waals surface area (Å²) in [6.45, 7) is 0.848. The molecular formula is C14H22N2O2S2. The van der Waals surface area contributed by atoms with Crippen LogP contribution in [0.1, 0.15) is 12.8 Å². The zero-order chi connectivity index (χ0) is 14.6. The third kappa shape index (κ3) is 3.68. The van der Waals surface area contributed by atoms with Crippen molar-refractivity contribution >= 4 is 27.5 Å². The zero-order valence-electron chi connectivity index (χ0n) is 12.0. The molecule has 1 aliphatic rings. The van der Waals surface area contributed by atoms with Crippen molar-refractivity contribution in [2.75, 3.05) is 37.5 Å². The van der Waals surface area contributed by atoms with E-state index in [1.165, 1.54) is 28.7 Å². The number of nitrogens with one attached hydrogen (secondary N) is 1. The maximum absolute atomic E-state index is 12.3. The summed E-state index contributed by atoms with van der Waals surface area (Å²) in [5, 5.41) is 3.33. The third-order valence-electron chi connectivity index (χ3n) is 3.57. The molecular weight excluding hydrogens is 292 g/mol. The Balaban J connectivity index is 2.12. The van der Waals surface area contributed by atoms with Crippen LogP contribution in [0.5, 0.6) is 0 Å². The van der Waals surface area contributed by atoms with Crippen molar-refractivity contribution < 1.29 is 8.42 Å². The highest BCUT2D eigenvalue weighted by molar-refractivity contribution is 7.99. The molecule has 0 radical (unpaired) electrons. The second kappa shape index (κ2) is 6.83. The van der Waals surface area contributed by atoms with Crippen LogP contribution in [0.15, 0.2) is 29.2 Å². The van der Waals surface area contributed by atoms with Crippen LogP contribution in [0, 0.1) is 5.92 Å². The van der Waals surface area contributed by atoms with Crippen LogP contribution in [0.3, 0.4) is 0 Å². The molecule has 1 heterocycles. The van der Waals surface area contributed by atoms with Gasteiger partial charge in [-0.05, 0) is 42.4 Å². The number of rotatable bonds is 5. The van der Waals surface area contributed by atoms with Gasteiger partial charge >= 0.3 is 0 Å². The topological polar surface area (TPSA) is 49.4 Å². The van der Waals surface area contributed by atoms with Crippen molar-refractivity contribution in [1.29, 1.82) is 0 Å². The molecule has 0 atom stereocenters. The van der Waals surface area contributed by atoms with Gasteiger partial charge in [-0.25, -0.2) is 12.7 Å². The number of para-hydroxylation sites is 1. The van der Waals surface area contributed by atoms with Crippen molar-refractivity contribution in [3.8, 4) is 0 Å². The molecule has 0 saturated carbocycles. The van der Waals surface area contributed by atoms with Crippen molar-refractivity contribution in [3.05, 3.63) is 24.3 Å². The van der Waals surface area contributed by atoms with Gasteiger partial charge in [0.15, 0.2) is 0 Å². The third-order valence-corrected chi connectivity index (χ3v) is 6.49. The van der Waals surface area contributed by atoms with Crippen molar-refractivity contribution in [1.82, 2.24) is 4.31 Å². The van der Waals surface area contributed by atoms with Gasteiger partial charge in [0.2, 0.25) is 10.0 Å². The minimum Gasteiger partial charge on any atom is -0.384 e. The normalized spacial score (nSPS) is 17.4. The minimum atomic E-state index is -3.39.